The summed E-state index contributed by atoms with van der Waals surface area (Å²) in [4.78, 5) is 32.7. The van der Waals surface area contributed by atoms with Gasteiger partial charge in [-0.05, 0) is 52.3 Å². The van der Waals surface area contributed by atoms with E-state index >= 15 is 0 Å². The van der Waals surface area contributed by atoms with Crippen LogP contribution >= 0.6 is 11.8 Å². The third-order valence-electron chi connectivity index (χ3n) is 5.01. The van der Waals surface area contributed by atoms with Crippen molar-refractivity contribution in [2.75, 3.05) is 5.75 Å². The number of carbonyl (C=O) groups is 1. The molecule has 158 valence electrons. The Balaban J connectivity index is 1.96. The number of thioether (sulfide) groups is 1. The van der Waals surface area contributed by atoms with E-state index in [0.717, 1.165) is 5.56 Å². The normalized spacial score (nSPS) is 11.4. The first-order valence-electron chi connectivity index (χ1n) is 10.3. The molecule has 0 spiro atoms. The molecule has 0 bridgehead atoms. The maximum atomic E-state index is 13.2. The molecule has 0 unspecified atom stereocenters. The van der Waals surface area contributed by atoms with E-state index < -0.39 is 0 Å². The zero-order chi connectivity index (χ0) is 21.8. The summed E-state index contributed by atoms with van der Waals surface area (Å²) in [6.45, 7) is 10.5. The molecule has 0 saturated carbocycles. The monoisotopic (exact) mass is 423 g/mol. The Morgan fingerprint density at radius 1 is 1.03 bits per heavy atom. The first kappa shape index (κ1) is 22.1. The van der Waals surface area contributed by atoms with Crippen molar-refractivity contribution >= 4 is 28.6 Å². The van der Waals surface area contributed by atoms with Gasteiger partial charge in [0.25, 0.3) is 5.56 Å². The average Bonchev–Trinajstić information content (AvgIpc) is 2.70. The van der Waals surface area contributed by atoms with Crippen LogP contribution in [0.5, 0.6) is 0 Å². The third-order valence-corrected chi connectivity index (χ3v) is 5.97. The van der Waals surface area contributed by atoms with Crippen LogP contribution in [0.4, 0.5) is 0 Å². The average molecular weight is 424 g/mol. The smallest absolute Gasteiger partial charge is 0.262 e. The Bertz CT molecular complexity index is 1080. The number of nitrogens with zero attached hydrogens (tertiary/aromatic N) is 3. The number of hydrogen-bond donors (Lipinski definition) is 0. The van der Waals surface area contributed by atoms with Gasteiger partial charge in [0.2, 0.25) is 5.91 Å². The number of fused-ring (bicyclic) bond motifs is 1. The van der Waals surface area contributed by atoms with Crippen LogP contribution in [-0.4, -0.2) is 38.2 Å². The molecule has 0 aliphatic carbocycles. The van der Waals surface area contributed by atoms with Crippen LogP contribution < -0.4 is 5.56 Å². The van der Waals surface area contributed by atoms with Gasteiger partial charge in [0.1, 0.15) is 0 Å². The molecule has 1 aromatic heterocycles. The van der Waals surface area contributed by atoms with Crippen molar-refractivity contribution in [1.82, 2.24) is 14.5 Å². The number of carbonyl (C=O) groups excluding carboxylic acids is 1. The molecule has 0 saturated heterocycles. The first-order chi connectivity index (χ1) is 14.3. The molecule has 6 heteroatoms. The van der Waals surface area contributed by atoms with Gasteiger partial charge >= 0.3 is 0 Å². The van der Waals surface area contributed by atoms with Gasteiger partial charge in [0.05, 0.1) is 23.2 Å². The molecule has 30 heavy (non-hydrogen) atoms. The van der Waals surface area contributed by atoms with Gasteiger partial charge in [0.15, 0.2) is 5.16 Å². The molecule has 0 fully saturated rings. The number of aromatic nitrogens is 2. The van der Waals surface area contributed by atoms with Crippen LogP contribution in [0, 0.1) is 6.92 Å². The number of hydrogen-bond acceptors (Lipinski definition) is 4. The van der Waals surface area contributed by atoms with Gasteiger partial charge in [-0.2, -0.15) is 0 Å². The lowest BCUT2D eigenvalue weighted by Crippen LogP contribution is -2.43. The van der Waals surface area contributed by atoms with Gasteiger partial charge in [-0.25, -0.2) is 4.98 Å². The van der Waals surface area contributed by atoms with Crippen molar-refractivity contribution in [2.24, 2.45) is 0 Å². The quantitative estimate of drug-likeness (QED) is 0.415. The zero-order valence-electron chi connectivity index (χ0n) is 18.3. The van der Waals surface area contributed by atoms with Crippen LogP contribution in [0.25, 0.3) is 10.9 Å². The van der Waals surface area contributed by atoms with E-state index in [2.05, 4.69) is 0 Å². The number of aryl methyl sites for hydroxylation is 1. The number of benzene rings is 2. The number of para-hydroxylation sites is 1. The first-order valence-corrected chi connectivity index (χ1v) is 11.3. The largest absolute Gasteiger partial charge is 0.337 e. The van der Waals surface area contributed by atoms with E-state index in [0.29, 0.717) is 22.6 Å². The van der Waals surface area contributed by atoms with Crippen LogP contribution in [0.3, 0.4) is 0 Å². The zero-order valence-corrected chi connectivity index (χ0v) is 19.1. The summed E-state index contributed by atoms with van der Waals surface area (Å²) in [5, 5.41) is 1.16. The van der Waals surface area contributed by atoms with Crippen molar-refractivity contribution < 1.29 is 4.79 Å². The van der Waals surface area contributed by atoms with Gasteiger partial charge in [-0.15, -0.1) is 0 Å². The minimum absolute atomic E-state index is 0.0503. The van der Waals surface area contributed by atoms with Crippen molar-refractivity contribution in [2.45, 2.75) is 58.4 Å². The van der Waals surface area contributed by atoms with Gasteiger partial charge in [0, 0.05) is 12.1 Å². The number of amides is 1. The second-order valence-electron chi connectivity index (χ2n) is 8.07. The summed E-state index contributed by atoms with van der Waals surface area (Å²) < 4.78 is 1.68. The van der Waals surface area contributed by atoms with Crippen molar-refractivity contribution in [1.29, 1.82) is 0 Å². The Kier molecular flexibility index (Phi) is 6.98. The molecular weight excluding hydrogens is 394 g/mol. The van der Waals surface area contributed by atoms with Gasteiger partial charge in [-0.3, -0.25) is 14.2 Å². The Labute approximate surface area is 182 Å². The summed E-state index contributed by atoms with van der Waals surface area (Å²) >= 11 is 1.33. The lowest BCUT2D eigenvalue weighted by molar-refractivity contribution is -0.131. The summed E-state index contributed by atoms with van der Waals surface area (Å²) in [5.41, 5.74) is 2.77. The summed E-state index contributed by atoms with van der Waals surface area (Å²) in [5.74, 6) is 0.295. The van der Waals surface area contributed by atoms with Crippen molar-refractivity contribution in [3.63, 3.8) is 0 Å². The highest BCUT2D eigenvalue weighted by Gasteiger charge is 2.21. The molecule has 2 aromatic carbocycles. The van der Waals surface area contributed by atoms with Crippen LogP contribution in [-0.2, 0) is 11.3 Å². The predicted molar refractivity (Wildman–Crippen MR) is 124 cm³/mol. The molecule has 0 aliphatic rings. The highest BCUT2D eigenvalue weighted by molar-refractivity contribution is 7.99. The predicted octanol–water partition coefficient (Wildman–Crippen LogP) is 4.49. The molecule has 3 aromatic rings. The Hall–Kier alpha value is -2.60. The molecule has 0 atom stereocenters. The fourth-order valence-corrected chi connectivity index (χ4v) is 4.51. The van der Waals surface area contributed by atoms with Gasteiger partial charge in [-0.1, -0.05) is 53.7 Å². The van der Waals surface area contributed by atoms with E-state index in [1.807, 2.05) is 82.0 Å². The molecule has 5 nitrogen and oxygen atoms in total. The highest BCUT2D eigenvalue weighted by atomic mass is 32.2. The van der Waals surface area contributed by atoms with Crippen LogP contribution in [0.15, 0.2) is 58.5 Å². The second-order valence-corrected chi connectivity index (χ2v) is 9.01. The summed E-state index contributed by atoms with van der Waals surface area (Å²) in [6.07, 6.45) is 0. The van der Waals surface area contributed by atoms with Gasteiger partial charge < -0.3 is 4.90 Å². The SMILES string of the molecule is Cc1ccc(Cn2c(SCC(=O)N(C(C)C)C(C)C)nc3ccccc3c2=O)cc1. The van der Waals surface area contributed by atoms with E-state index in [1.54, 1.807) is 10.6 Å². The van der Waals surface area contributed by atoms with E-state index in [9.17, 15) is 9.59 Å². The minimum atomic E-state index is -0.0827. The standard InChI is InChI=1S/C24H29N3O2S/c1-16(2)27(17(3)4)22(28)15-30-24-25-21-9-7-6-8-20(21)23(29)26(24)14-19-12-10-18(5)11-13-19/h6-13,16-17H,14-15H2,1-5H3. The maximum absolute atomic E-state index is 13.2. The Morgan fingerprint density at radius 2 is 1.67 bits per heavy atom. The topological polar surface area (TPSA) is 55.2 Å². The molecule has 1 heterocycles. The lowest BCUT2D eigenvalue weighted by atomic mass is 10.1. The molecule has 1 amide bonds. The van der Waals surface area contributed by atoms with Crippen LogP contribution in [0.2, 0.25) is 0 Å². The highest BCUT2D eigenvalue weighted by Crippen LogP contribution is 2.21. The van der Waals surface area contributed by atoms with Crippen molar-refractivity contribution in [3.8, 4) is 0 Å². The van der Waals surface area contributed by atoms with Crippen LogP contribution in [0.1, 0.15) is 38.8 Å². The summed E-state index contributed by atoms with van der Waals surface area (Å²) in [7, 11) is 0. The molecular formula is C24H29N3O2S. The molecule has 0 radical (unpaired) electrons. The minimum Gasteiger partial charge on any atom is -0.337 e. The lowest BCUT2D eigenvalue weighted by Gasteiger charge is -2.30. The van der Waals surface area contributed by atoms with E-state index in [1.165, 1.54) is 17.3 Å². The maximum Gasteiger partial charge on any atom is 0.262 e. The third kappa shape index (κ3) is 4.93. The second kappa shape index (κ2) is 9.47. The fraction of sp³-hybridized carbons (Fsp3) is 0.375. The molecule has 0 N–H and O–H groups in total. The van der Waals surface area contributed by atoms with E-state index in [4.69, 9.17) is 4.98 Å². The van der Waals surface area contributed by atoms with E-state index in [-0.39, 0.29) is 29.3 Å². The Morgan fingerprint density at radius 3 is 2.30 bits per heavy atom. The summed E-state index contributed by atoms with van der Waals surface area (Å²) in [6, 6.07) is 15.7. The van der Waals surface area contributed by atoms with Crippen molar-refractivity contribution in [3.05, 3.63) is 70.0 Å². The molecule has 3 rings (SSSR count). The fourth-order valence-electron chi connectivity index (χ4n) is 3.65. The number of rotatable bonds is 7. The molecule has 0 aliphatic heterocycles.